The highest BCUT2D eigenvalue weighted by molar-refractivity contribution is 5.97. The van der Waals surface area contributed by atoms with E-state index in [-0.39, 0.29) is 5.91 Å². The first-order chi connectivity index (χ1) is 12.7. The third-order valence-electron chi connectivity index (χ3n) is 5.68. The van der Waals surface area contributed by atoms with Gasteiger partial charge in [0.15, 0.2) is 5.82 Å². The molecule has 1 aromatic heterocycles. The number of amides is 1. The maximum atomic E-state index is 12.9. The Morgan fingerprint density at radius 2 is 1.88 bits per heavy atom. The molecule has 0 saturated heterocycles. The summed E-state index contributed by atoms with van der Waals surface area (Å²) in [5, 5.41) is 0. The summed E-state index contributed by atoms with van der Waals surface area (Å²) in [6.45, 7) is 4.51. The predicted octanol–water partition coefficient (Wildman–Crippen LogP) is 4.32. The minimum absolute atomic E-state index is 0.265. The number of carbonyl (C=O) groups excluding carboxylic acids is 1. The van der Waals surface area contributed by atoms with Gasteiger partial charge >= 0.3 is 0 Å². The van der Waals surface area contributed by atoms with Crippen LogP contribution in [0.15, 0.2) is 42.6 Å². The minimum Gasteiger partial charge on any atom is -0.349 e. The van der Waals surface area contributed by atoms with E-state index in [9.17, 15) is 4.79 Å². The SMILES string of the molecule is Cc1ccc(CN2CCN(C(=O)CC3CCCC3)c3cccnc32)cc1. The second kappa shape index (κ2) is 7.48. The van der Waals surface area contributed by atoms with E-state index < -0.39 is 0 Å². The molecule has 1 aliphatic heterocycles. The molecule has 2 heterocycles. The lowest BCUT2D eigenvalue weighted by Gasteiger charge is -2.37. The van der Waals surface area contributed by atoms with Crippen molar-refractivity contribution in [1.82, 2.24) is 4.98 Å². The van der Waals surface area contributed by atoms with Gasteiger partial charge in [0.2, 0.25) is 5.91 Å². The van der Waals surface area contributed by atoms with Crippen LogP contribution in [-0.4, -0.2) is 24.0 Å². The summed E-state index contributed by atoms with van der Waals surface area (Å²) in [6.07, 6.45) is 7.48. The van der Waals surface area contributed by atoms with Crippen molar-refractivity contribution in [2.45, 2.75) is 45.6 Å². The zero-order chi connectivity index (χ0) is 17.9. The summed E-state index contributed by atoms with van der Waals surface area (Å²) in [5.41, 5.74) is 3.52. The van der Waals surface area contributed by atoms with E-state index in [0.29, 0.717) is 12.3 Å². The Morgan fingerprint density at radius 1 is 1.12 bits per heavy atom. The van der Waals surface area contributed by atoms with Gasteiger partial charge in [-0.15, -0.1) is 0 Å². The third kappa shape index (κ3) is 3.59. The Morgan fingerprint density at radius 3 is 2.65 bits per heavy atom. The Hall–Kier alpha value is -2.36. The van der Waals surface area contributed by atoms with Gasteiger partial charge in [0.25, 0.3) is 0 Å². The Bertz CT molecular complexity index is 765. The van der Waals surface area contributed by atoms with Gasteiger partial charge in [-0.25, -0.2) is 4.98 Å². The fourth-order valence-electron chi connectivity index (χ4n) is 4.19. The average molecular weight is 349 g/mol. The molecule has 0 spiro atoms. The normalized spacial score (nSPS) is 17.4. The molecule has 4 rings (SSSR count). The summed E-state index contributed by atoms with van der Waals surface area (Å²) in [7, 11) is 0. The van der Waals surface area contributed by atoms with Crippen LogP contribution in [0.2, 0.25) is 0 Å². The molecular formula is C22H27N3O. The number of carbonyl (C=O) groups is 1. The van der Waals surface area contributed by atoms with Crippen LogP contribution in [0.5, 0.6) is 0 Å². The molecule has 1 aliphatic carbocycles. The van der Waals surface area contributed by atoms with Gasteiger partial charge in [-0.2, -0.15) is 0 Å². The van der Waals surface area contributed by atoms with Crippen molar-refractivity contribution >= 4 is 17.4 Å². The van der Waals surface area contributed by atoms with Crippen molar-refractivity contribution < 1.29 is 4.79 Å². The number of aryl methyl sites for hydroxylation is 1. The van der Waals surface area contributed by atoms with E-state index in [1.165, 1.54) is 36.8 Å². The Balaban J connectivity index is 1.52. The Labute approximate surface area is 155 Å². The van der Waals surface area contributed by atoms with Gasteiger partial charge in [-0.3, -0.25) is 4.79 Å². The summed E-state index contributed by atoms with van der Waals surface area (Å²) in [5.74, 6) is 1.77. The van der Waals surface area contributed by atoms with Crippen LogP contribution in [0.25, 0.3) is 0 Å². The van der Waals surface area contributed by atoms with Gasteiger partial charge in [0.1, 0.15) is 0 Å². The van der Waals surface area contributed by atoms with E-state index >= 15 is 0 Å². The predicted molar refractivity (Wildman–Crippen MR) is 105 cm³/mol. The van der Waals surface area contributed by atoms with Crippen molar-refractivity contribution in [3.63, 3.8) is 0 Å². The molecule has 4 heteroatoms. The van der Waals surface area contributed by atoms with Gasteiger partial charge in [-0.1, -0.05) is 42.7 Å². The van der Waals surface area contributed by atoms with Crippen molar-refractivity contribution in [2.24, 2.45) is 5.92 Å². The number of nitrogens with zero attached hydrogens (tertiary/aromatic N) is 3. The van der Waals surface area contributed by atoms with Crippen LogP contribution >= 0.6 is 0 Å². The van der Waals surface area contributed by atoms with Gasteiger partial charge < -0.3 is 9.80 Å². The van der Waals surface area contributed by atoms with E-state index in [1.54, 1.807) is 0 Å². The summed E-state index contributed by atoms with van der Waals surface area (Å²) < 4.78 is 0. The van der Waals surface area contributed by atoms with E-state index in [2.05, 4.69) is 41.1 Å². The van der Waals surface area contributed by atoms with Crippen molar-refractivity contribution in [3.8, 4) is 0 Å². The molecule has 1 fully saturated rings. The number of hydrogen-bond acceptors (Lipinski definition) is 3. The molecule has 2 aliphatic rings. The quantitative estimate of drug-likeness (QED) is 0.825. The second-order valence-corrected chi connectivity index (χ2v) is 7.65. The molecule has 1 amide bonds. The number of aromatic nitrogens is 1. The van der Waals surface area contributed by atoms with Crippen molar-refractivity contribution in [3.05, 3.63) is 53.7 Å². The monoisotopic (exact) mass is 349 g/mol. The molecule has 0 unspecified atom stereocenters. The van der Waals surface area contributed by atoms with E-state index in [1.807, 2.05) is 23.2 Å². The van der Waals surface area contributed by atoms with E-state index in [4.69, 9.17) is 0 Å². The molecule has 1 aromatic carbocycles. The lowest BCUT2D eigenvalue weighted by Crippen LogP contribution is -2.44. The van der Waals surface area contributed by atoms with Gasteiger partial charge in [0, 0.05) is 32.3 Å². The summed E-state index contributed by atoms with van der Waals surface area (Å²) >= 11 is 0. The van der Waals surface area contributed by atoms with Crippen LogP contribution in [0, 0.1) is 12.8 Å². The smallest absolute Gasteiger partial charge is 0.227 e. The standard InChI is InChI=1S/C22H27N3O/c1-17-8-10-19(11-9-17)16-24-13-14-25(20-7-4-12-23-22(20)24)21(26)15-18-5-2-3-6-18/h4,7-12,18H,2-3,5-6,13-16H2,1H3. The third-order valence-corrected chi connectivity index (χ3v) is 5.68. The Kier molecular flexibility index (Phi) is 4.91. The maximum absolute atomic E-state index is 12.9. The lowest BCUT2D eigenvalue weighted by atomic mass is 10.0. The van der Waals surface area contributed by atoms with Crippen LogP contribution in [0.3, 0.4) is 0 Å². The van der Waals surface area contributed by atoms with Crippen LogP contribution < -0.4 is 9.80 Å². The highest BCUT2D eigenvalue weighted by Crippen LogP contribution is 2.34. The minimum atomic E-state index is 0.265. The number of fused-ring (bicyclic) bond motifs is 1. The molecular weight excluding hydrogens is 322 g/mol. The van der Waals surface area contributed by atoms with Crippen LogP contribution in [0.4, 0.5) is 11.5 Å². The first-order valence-electron chi connectivity index (χ1n) is 9.76. The number of hydrogen-bond donors (Lipinski definition) is 0. The molecule has 136 valence electrons. The molecule has 1 saturated carbocycles. The molecule has 26 heavy (non-hydrogen) atoms. The van der Waals surface area contributed by atoms with Crippen molar-refractivity contribution in [1.29, 1.82) is 0 Å². The van der Waals surface area contributed by atoms with Gasteiger partial charge in [0.05, 0.1) is 5.69 Å². The molecule has 0 radical (unpaired) electrons. The zero-order valence-electron chi connectivity index (χ0n) is 15.5. The number of anilines is 2. The molecule has 2 aromatic rings. The highest BCUT2D eigenvalue weighted by atomic mass is 16.2. The lowest BCUT2D eigenvalue weighted by molar-refractivity contribution is -0.119. The number of rotatable bonds is 4. The summed E-state index contributed by atoms with van der Waals surface area (Å²) in [6, 6.07) is 12.6. The molecule has 4 nitrogen and oxygen atoms in total. The highest BCUT2D eigenvalue weighted by Gasteiger charge is 2.29. The largest absolute Gasteiger partial charge is 0.349 e. The van der Waals surface area contributed by atoms with Crippen molar-refractivity contribution in [2.75, 3.05) is 22.9 Å². The van der Waals surface area contributed by atoms with Crippen LogP contribution in [-0.2, 0) is 11.3 Å². The van der Waals surface area contributed by atoms with Gasteiger partial charge in [-0.05, 0) is 43.4 Å². The zero-order valence-corrected chi connectivity index (χ0v) is 15.5. The first kappa shape index (κ1) is 17.1. The first-order valence-corrected chi connectivity index (χ1v) is 9.76. The molecule has 0 N–H and O–H groups in total. The van der Waals surface area contributed by atoms with Crippen LogP contribution in [0.1, 0.15) is 43.2 Å². The van der Waals surface area contributed by atoms with E-state index in [0.717, 1.165) is 31.1 Å². The molecule has 0 atom stereocenters. The topological polar surface area (TPSA) is 36.4 Å². The maximum Gasteiger partial charge on any atom is 0.227 e. The second-order valence-electron chi connectivity index (χ2n) is 7.65. The average Bonchev–Trinajstić information content (AvgIpc) is 3.17. The number of benzene rings is 1. The number of pyridine rings is 1. The fraction of sp³-hybridized carbons (Fsp3) is 0.455. The fourth-order valence-corrected chi connectivity index (χ4v) is 4.19. The summed E-state index contributed by atoms with van der Waals surface area (Å²) in [4.78, 5) is 21.8. The molecule has 0 bridgehead atoms.